The van der Waals surface area contributed by atoms with Gasteiger partial charge in [0.25, 0.3) is 0 Å². The van der Waals surface area contributed by atoms with Crippen LogP contribution >= 0.6 is 11.3 Å². The highest BCUT2D eigenvalue weighted by molar-refractivity contribution is 7.89. The standard InChI is InChI=1S/C20H20FN3O5S2/c1-13-2-5-17(29-13)20-23-15(12-30-20)11-19(25)22-14-3-4-16(21)18(10-14)31(26,27)24-6-8-28-9-7-24/h2-5,10,12H,6-9,11H2,1H3,(H,22,25). The summed E-state index contributed by atoms with van der Waals surface area (Å²) < 4.78 is 51.7. The molecule has 1 aliphatic rings. The molecule has 0 bridgehead atoms. The van der Waals surface area contributed by atoms with E-state index in [1.54, 1.807) is 5.38 Å². The number of aromatic nitrogens is 1. The Morgan fingerprint density at radius 3 is 2.74 bits per heavy atom. The van der Waals surface area contributed by atoms with E-state index in [1.807, 2.05) is 19.1 Å². The van der Waals surface area contributed by atoms with Crippen molar-refractivity contribution in [1.82, 2.24) is 9.29 Å². The first-order valence-electron chi connectivity index (χ1n) is 9.51. The number of morpholine rings is 1. The Kier molecular flexibility index (Phi) is 6.19. The van der Waals surface area contributed by atoms with Gasteiger partial charge in [-0.05, 0) is 37.3 Å². The molecule has 0 aliphatic carbocycles. The summed E-state index contributed by atoms with van der Waals surface area (Å²) in [4.78, 5) is 16.4. The van der Waals surface area contributed by atoms with E-state index in [0.717, 1.165) is 17.9 Å². The van der Waals surface area contributed by atoms with E-state index < -0.39 is 26.6 Å². The molecule has 3 heterocycles. The van der Waals surface area contributed by atoms with E-state index in [2.05, 4.69) is 10.3 Å². The third-order valence-corrected chi connectivity index (χ3v) is 7.47. The van der Waals surface area contributed by atoms with Crippen LogP contribution in [-0.2, 0) is 26.0 Å². The lowest BCUT2D eigenvalue weighted by Gasteiger charge is -2.26. The number of nitrogens with one attached hydrogen (secondary N) is 1. The van der Waals surface area contributed by atoms with Crippen molar-refractivity contribution in [2.45, 2.75) is 18.2 Å². The van der Waals surface area contributed by atoms with Crippen LogP contribution in [0.3, 0.4) is 0 Å². The van der Waals surface area contributed by atoms with Gasteiger partial charge in [-0.3, -0.25) is 4.79 Å². The number of amides is 1. The molecule has 1 aliphatic heterocycles. The van der Waals surface area contributed by atoms with Crippen LogP contribution in [-0.4, -0.2) is 49.9 Å². The van der Waals surface area contributed by atoms with E-state index >= 15 is 0 Å². The van der Waals surface area contributed by atoms with E-state index in [0.29, 0.717) is 16.5 Å². The lowest BCUT2D eigenvalue weighted by Crippen LogP contribution is -2.40. The lowest BCUT2D eigenvalue weighted by molar-refractivity contribution is -0.115. The predicted octanol–water partition coefficient (Wildman–Crippen LogP) is 3.05. The smallest absolute Gasteiger partial charge is 0.246 e. The molecule has 0 spiro atoms. The van der Waals surface area contributed by atoms with Gasteiger partial charge >= 0.3 is 0 Å². The first kappa shape index (κ1) is 21.6. The summed E-state index contributed by atoms with van der Waals surface area (Å²) in [6.07, 6.45) is -0.0148. The van der Waals surface area contributed by atoms with Crippen molar-refractivity contribution in [3.8, 4) is 10.8 Å². The van der Waals surface area contributed by atoms with Gasteiger partial charge in [0, 0.05) is 24.2 Å². The van der Waals surface area contributed by atoms with Crippen LogP contribution in [0.25, 0.3) is 10.8 Å². The molecular formula is C20H20FN3O5S2. The normalized spacial score (nSPS) is 15.2. The third kappa shape index (κ3) is 4.85. The maximum Gasteiger partial charge on any atom is 0.246 e. The molecule has 4 rings (SSSR count). The fraction of sp³-hybridized carbons (Fsp3) is 0.300. The largest absolute Gasteiger partial charge is 0.459 e. The molecule has 8 nitrogen and oxygen atoms in total. The fourth-order valence-corrected chi connectivity index (χ4v) is 5.40. The predicted molar refractivity (Wildman–Crippen MR) is 113 cm³/mol. The zero-order valence-electron chi connectivity index (χ0n) is 16.6. The number of nitrogens with zero attached hydrogens (tertiary/aromatic N) is 2. The number of rotatable bonds is 6. The number of furan rings is 1. The van der Waals surface area contributed by atoms with E-state index in [-0.39, 0.29) is 38.4 Å². The zero-order valence-corrected chi connectivity index (χ0v) is 18.3. The molecule has 0 unspecified atom stereocenters. The van der Waals surface area contributed by atoms with Crippen LogP contribution in [0.5, 0.6) is 0 Å². The average molecular weight is 466 g/mol. The maximum absolute atomic E-state index is 14.3. The number of hydrogen-bond donors (Lipinski definition) is 1. The Labute approximate surface area is 182 Å². The molecule has 1 amide bonds. The molecule has 1 N–H and O–H groups in total. The van der Waals surface area contributed by atoms with Crippen LogP contribution < -0.4 is 5.32 Å². The van der Waals surface area contributed by atoms with Gasteiger partial charge in [-0.1, -0.05) is 0 Å². The van der Waals surface area contributed by atoms with Crippen molar-refractivity contribution in [2.75, 3.05) is 31.6 Å². The molecule has 1 aromatic carbocycles. The number of aryl methyl sites for hydroxylation is 1. The lowest BCUT2D eigenvalue weighted by atomic mass is 10.2. The number of carbonyl (C=O) groups is 1. The molecule has 0 saturated carbocycles. The Morgan fingerprint density at radius 2 is 2.03 bits per heavy atom. The number of ether oxygens (including phenoxy) is 1. The molecule has 0 radical (unpaired) electrons. The Balaban J connectivity index is 1.46. The number of thiazole rings is 1. The fourth-order valence-electron chi connectivity index (χ4n) is 3.13. The third-order valence-electron chi connectivity index (χ3n) is 4.65. The molecule has 11 heteroatoms. The first-order valence-corrected chi connectivity index (χ1v) is 11.8. The highest BCUT2D eigenvalue weighted by Gasteiger charge is 2.29. The van der Waals surface area contributed by atoms with Gasteiger partial charge < -0.3 is 14.5 Å². The number of anilines is 1. The molecule has 2 aromatic heterocycles. The van der Waals surface area contributed by atoms with Gasteiger partial charge in [-0.2, -0.15) is 4.31 Å². The number of sulfonamides is 1. The van der Waals surface area contributed by atoms with Gasteiger partial charge in [0.05, 0.1) is 25.3 Å². The van der Waals surface area contributed by atoms with Gasteiger partial charge in [0.15, 0.2) is 10.8 Å². The van der Waals surface area contributed by atoms with Gasteiger partial charge in [0.1, 0.15) is 16.5 Å². The second kappa shape index (κ2) is 8.87. The summed E-state index contributed by atoms with van der Waals surface area (Å²) in [6.45, 7) is 2.65. The molecule has 31 heavy (non-hydrogen) atoms. The van der Waals surface area contributed by atoms with Gasteiger partial charge in [0.2, 0.25) is 15.9 Å². The Hall–Kier alpha value is -2.60. The van der Waals surface area contributed by atoms with Crippen molar-refractivity contribution >= 4 is 33.0 Å². The molecule has 1 saturated heterocycles. The minimum absolute atomic E-state index is 0.0148. The van der Waals surface area contributed by atoms with Crippen molar-refractivity contribution in [1.29, 1.82) is 0 Å². The van der Waals surface area contributed by atoms with Crippen molar-refractivity contribution < 1.29 is 26.8 Å². The zero-order chi connectivity index (χ0) is 22.0. The summed E-state index contributed by atoms with van der Waals surface area (Å²) >= 11 is 1.36. The number of benzene rings is 1. The second-order valence-corrected chi connectivity index (χ2v) is 9.71. The van der Waals surface area contributed by atoms with Crippen molar-refractivity contribution in [3.05, 3.63) is 53.0 Å². The summed E-state index contributed by atoms with van der Waals surface area (Å²) in [6, 6.07) is 7.14. The van der Waals surface area contributed by atoms with Crippen LogP contribution in [0.4, 0.5) is 10.1 Å². The van der Waals surface area contributed by atoms with E-state index in [4.69, 9.17) is 9.15 Å². The highest BCUT2D eigenvalue weighted by atomic mass is 32.2. The van der Waals surface area contributed by atoms with Gasteiger partial charge in [-0.25, -0.2) is 17.8 Å². The SMILES string of the molecule is Cc1ccc(-c2nc(CC(=O)Nc3ccc(F)c(S(=O)(=O)N4CCOCC4)c3)cs2)o1. The monoisotopic (exact) mass is 465 g/mol. The summed E-state index contributed by atoms with van der Waals surface area (Å²) in [7, 11) is -4.03. The Morgan fingerprint density at radius 1 is 1.26 bits per heavy atom. The van der Waals surface area contributed by atoms with Crippen LogP contribution in [0, 0.1) is 12.7 Å². The Bertz CT molecular complexity index is 1200. The van der Waals surface area contributed by atoms with Gasteiger partial charge in [-0.15, -0.1) is 11.3 Å². The number of carbonyl (C=O) groups excluding carboxylic acids is 1. The average Bonchev–Trinajstić information content (AvgIpc) is 3.39. The molecule has 1 fully saturated rings. The number of halogens is 1. The quantitative estimate of drug-likeness (QED) is 0.600. The topological polar surface area (TPSA) is 102 Å². The molecular weight excluding hydrogens is 445 g/mol. The van der Waals surface area contributed by atoms with Crippen LogP contribution in [0.15, 0.2) is 45.0 Å². The summed E-state index contributed by atoms with van der Waals surface area (Å²) in [5.74, 6) is 0.130. The molecule has 164 valence electrons. The van der Waals surface area contributed by atoms with Crippen molar-refractivity contribution in [2.24, 2.45) is 0 Å². The highest BCUT2D eigenvalue weighted by Crippen LogP contribution is 2.26. The molecule has 3 aromatic rings. The van der Waals surface area contributed by atoms with Crippen molar-refractivity contribution in [3.63, 3.8) is 0 Å². The number of hydrogen-bond acceptors (Lipinski definition) is 7. The van der Waals surface area contributed by atoms with E-state index in [1.165, 1.54) is 21.7 Å². The minimum Gasteiger partial charge on any atom is -0.459 e. The minimum atomic E-state index is -4.03. The first-order chi connectivity index (χ1) is 14.8. The van der Waals surface area contributed by atoms with Crippen LogP contribution in [0.1, 0.15) is 11.5 Å². The summed E-state index contributed by atoms with van der Waals surface area (Å²) in [5.41, 5.74) is 0.741. The molecule has 0 atom stereocenters. The summed E-state index contributed by atoms with van der Waals surface area (Å²) in [5, 5.41) is 5.03. The second-order valence-electron chi connectivity index (χ2n) is 6.94. The van der Waals surface area contributed by atoms with E-state index in [9.17, 15) is 17.6 Å². The maximum atomic E-state index is 14.3. The van der Waals surface area contributed by atoms with Crippen LogP contribution in [0.2, 0.25) is 0 Å².